The minimum Gasteiger partial charge on any atom is -0.342 e. The standard InChI is InChI=1S/C18H25N3O3/c1-12(2)8-21-10-14(7-17(21)23)18(24)20-5-4-13-6-16(22)19(3)9-15(13)11-20/h6,9,12,14H,4-5,7-8,10-11H2,1-3H3. The SMILES string of the molecule is CC(C)CN1CC(C(=O)N2CCc3cc(=O)n(C)cc3C2)CC1=O. The Labute approximate surface area is 142 Å². The van der Waals surface area contributed by atoms with E-state index in [9.17, 15) is 14.4 Å². The van der Waals surface area contributed by atoms with Crippen molar-refractivity contribution >= 4 is 11.8 Å². The quantitative estimate of drug-likeness (QED) is 0.822. The van der Waals surface area contributed by atoms with E-state index in [1.165, 1.54) is 0 Å². The number of fused-ring (bicyclic) bond motifs is 1. The molecule has 2 aliphatic heterocycles. The van der Waals surface area contributed by atoms with Gasteiger partial charge in [0.05, 0.1) is 5.92 Å². The Morgan fingerprint density at radius 1 is 1.29 bits per heavy atom. The molecule has 3 rings (SSSR count). The Morgan fingerprint density at radius 2 is 2.04 bits per heavy atom. The van der Waals surface area contributed by atoms with Crippen molar-refractivity contribution in [2.24, 2.45) is 18.9 Å². The van der Waals surface area contributed by atoms with Gasteiger partial charge in [0.1, 0.15) is 0 Å². The van der Waals surface area contributed by atoms with E-state index in [0.29, 0.717) is 44.9 Å². The van der Waals surface area contributed by atoms with E-state index in [4.69, 9.17) is 0 Å². The van der Waals surface area contributed by atoms with Crippen LogP contribution >= 0.6 is 0 Å². The number of pyridine rings is 1. The number of carbonyl (C=O) groups excluding carboxylic acids is 2. The molecule has 0 saturated carbocycles. The summed E-state index contributed by atoms with van der Waals surface area (Å²) < 4.78 is 1.55. The molecule has 1 unspecified atom stereocenters. The molecule has 3 heterocycles. The van der Waals surface area contributed by atoms with Gasteiger partial charge in [-0.2, -0.15) is 0 Å². The zero-order valence-electron chi connectivity index (χ0n) is 14.6. The fourth-order valence-corrected chi connectivity index (χ4v) is 3.64. The first-order chi connectivity index (χ1) is 11.3. The van der Waals surface area contributed by atoms with Crippen LogP contribution in [0.2, 0.25) is 0 Å². The van der Waals surface area contributed by atoms with E-state index >= 15 is 0 Å². The first-order valence-corrected chi connectivity index (χ1v) is 8.60. The molecule has 0 bridgehead atoms. The van der Waals surface area contributed by atoms with Crippen molar-refractivity contribution in [3.05, 3.63) is 33.7 Å². The first-order valence-electron chi connectivity index (χ1n) is 8.60. The second-order valence-electron chi connectivity index (χ2n) is 7.38. The molecule has 0 spiro atoms. The largest absolute Gasteiger partial charge is 0.342 e. The number of aromatic nitrogens is 1. The summed E-state index contributed by atoms with van der Waals surface area (Å²) in [5.41, 5.74) is 2.05. The van der Waals surface area contributed by atoms with Crippen LogP contribution in [0.15, 0.2) is 17.1 Å². The summed E-state index contributed by atoms with van der Waals surface area (Å²) in [5.74, 6) is 0.326. The minimum atomic E-state index is -0.231. The average molecular weight is 331 g/mol. The molecule has 0 N–H and O–H groups in total. The number of likely N-dealkylation sites (tertiary alicyclic amines) is 1. The molecule has 130 valence electrons. The third-order valence-corrected chi connectivity index (χ3v) is 4.88. The van der Waals surface area contributed by atoms with Crippen molar-refractivity contribution in [2.75, 3.05) is 19.6 Å². The van der Waals surface area contributed by atoms with Gasteiger partial charge in [-0.05, 0) is 23.5 Å². The Hall–Kier alpha value is -2.11. The number of hydrogen-bond donors (Lipinski definition) is 0. The van der Waals surface area contributed by atoms with Gasteiger partial charge in [-0.15, -0.1) is 0 Å². The predicted octanol–water partition coefficient (Wildman–Crippen LogP) is 0.774. The van der Waals surface area contributed by atoms with Crippen LogP contribution in [0.3, 0.4) is 0 Å². The average Bonchev–Trinajstić information content (AvgIpc) is 2.87. The zero-order chi connectivity index (χ0) is 17.4. The number of nitrogens with zero attached hydrogens (tertiary/aromatic N) is 3. The van der Waals surface area contributed by atoms with Crippen LogP contribution < -0.4 is 5.56 Å². The molecule has 24 heavy (non-hydrogen) atoms. The Balaban J connectivity index is 1.69. The summed E-state index contributed by atoms with van der Waals surface area (Å²) in [6.07, 6.45) is 2.84. The third-order valence-electron chi connectivity index (χ3n) is 4.88. The van der Waals surface area contributed by atoms with Crippen LogP contribution in [0.1, 0.15) is 31.4 Å². The van der Waals surface area contributed by atoms with Gasteiger partial charge in [-0.1, -0.05) is 13.8 Å². The third kappa shape index (κ3) is 3.23. The molecule has 0 radical (unpaired) electrons. The normalized spacial score (nSPS) is 20.7. The highest BCUT2D eigenvalue weighted by molar-refractivity contribution is 5.89. The molecular weight excluding hydrogens is 306 g/mol. The van der Waals surface area contributed by atoms with Crippen LogP contribution in [0.5, 0.6) is 0 Å². The number of hydrogen-bond acceptors (Lipinski definition) is 3. The van der Waals surface area contributed by atoms with Crippen LogP contribution in [0.4, 0.5) is 0 Å². The summed E-state index contributed by atoms with van der Waals surface area (Å²) in [6, 6.07) is 1.67. The van der Waals surface area contributed by atoms with Crippen molar-refractivity contribution in [3.8, 4) is 0 Å². The van der Waals surface area contributed by atoms with Gasteiger partial charge in [-0.25, -0.2) is 0 Å². The highest BCUT2D eigenvalue weighted by atomic mass is 16.2. The zero-order valence-corrected chi connectivity index (χ0v) is 14.6. The molecule has 6 nitrogen and oxygen atoms in total. The molecule has 1 saturated heterocycles. The van der Waals surface area contributed by atoms with Gasteiger partial charge in [-0.3, -0.25) is 14.4 Å². The van der Waals surface area contributed by atoms with Crippen molar-refractivity contribution < 1.29 is 9.59 Å². The molecule has 0 aromatic carbocycles. The summed E-state index contributed by atoms with van der Waals surface area (Å²) in [5, 5.41) is 0. The molecule has 1 fully saturated rings. The lowest BCUT2D eigenvalue weighted by atomic mass is 9.99. The highest BCUT2D eigenvalue weighted by Gasteiger charge is 2.37. The fourth-order valence-electron chi connectivity index (χ4n) is 3.64. The van der Waals surface area contributed by atoms with Gasteiger partial charge in [0.2, 0.25) is 11.8 Å². The van der Waals surface area contributed by atoms with E-state index in [2.05, 4.69) is 13.8 Å². The molecule has 1 aromatic rings. The number of rotatable bonds is 3. The number of amides is 2. The van der Waals surface area contributed by atoms with Crippen molar-refractivity contribution in [1.82, 2.24) is 14.4 Å². The second-order valence-corrected chi connectivity index (χ2v) is 7.38. The Morgan fingerprint density at radius 3 is 2.75 bits per heavy atom. The number of aryl methyl sites for hydroxylation is 1. The minimum absolute atomic E-state index is 0.0146. The first kappa shape index (κ1) is 16.7. The van der Waals surface area contributed by atoms with Gasteiger partial charge in [0.25, 0.3) is 5.56 Å². The van der Waals surface area contributed by atoms with Gasteiger partial charge < -0.3 is 14.4 Å². The lowest BCUT2D eigenvalue weighted by molar-refractivity contribution is -0.136. The van der Waals surface area contributed by atoms with Crippen LogP contribution in [-0.2, 0) is 29.6 Å². The van der Waals surface area contributed by atoms with Crippen LogP contribution in [0, 0.1) is 11.8 Å². The lowest BCUT2D eigenvalue weighted by Gasteiger charge is -2.31. The Kier molecular flexibility index (Phi) is 4.47. The summed E-state index contributed by atoms with van der Waals surface area (Å²) in [7, 11) is 1.73. The molecule has 1 atom stereocenters. The van der Waals surface area contributed by atoms with E-state index in [1.54, 1.807) is 17.7 Å². The van der Waals surface area contributed by atoms with Gasteiger partial charge >= 0.3 is 0 Å². The smallest absolute Gasteiger partial charge is 0.250 e. The fraction of sp³-hybridized carbons (Fsp3) is 0.611. The van der Waals surface area contributed by atoms with E-state index in [-0.39, 0.29) is 23.3 Å². The monoisotopic (exact) mass is 331 g/mol. The summed E-state index contributed by atoms with van der Waals surface area (Å²) >= 11 is 0. The molecule has 6 heteroatoms. The molecular formula is C18H25N3O3. The van der Waals surface area contributed by atoms with Crippen LogP contribution in [0.25, 0.3) is 0 Å². The summed E-state index contributed by atoms with van der Waals surface area (Å²) in [4.78, 5) is 40.3. The molecule has 0 aliphatic carbocycles. The Bertz CT molecular complexity index is 723. The lowest BCUT2D eigenvalue weighted by Crippen LogP contribution is -2.41. The number of carbonyl (C=O) groups is 2. The second kappa shape index (κ2) is 6.42. The molecule has 2 amide bonds. The maximum Gasteiger partial charge on any atom is 0.250 e. The van der Waals surface area contributed by atoms with Gasteiger partial charge in [0, 0.05) is 51.9 Å². The van der Waals surface area contributed by atoms with Crippen molar-refractivity contribution in [1.29, 1.82) is 0 Å². The maximum absolute atomic E-state index is 12.8. The van der Waals surface area contributed by atoms with Crippen molar-refractivity contribution in [2.45, 2.75) is 33.2 Å². The maximum atomic E-state index is 12.8. The topological polar surface area (TPSA) is 62.6 Å². The van der Waals surface area contributed by atoms with Crippen LogP contribution in [-0.4, -0.2) is 45.8 Å². The predicted molar refractivity (Wildman–Crippen MR) is 90.3 cm³/mol. The van der Waals surface area contributed by atoms with E-state index < -0.39 is 0 Å². The molecule has 1 aromatic heterocycles. The molecule has 2 aliphatic rings. The highest BCUT2D eigenvalue weighted by Crippen LogP contribution is 2.24. The summed E-state index contributed by atoms with van der Waals surface area (Å²) in [6.45, 7) is 6.55. The van der Waals surface area contributed by atoms with Gasteiger partial charge in [0.15, 0.2) is 0 Å². The van der Waals surface area contributed by atoms with E-state index in [0.717, 1.165) is 11.1 Å². The van der Waals surface area contributed by atoms with Crippen molar-refractivity contribution in [3.63, 3.8) is 0 Å². The van der Waals surface area contributed by atoms with E-state index in [1.807, 2.05) is 16.0 Å².